The van der Waals surface area contributed by atoms with Gasteiger partial charge in [-0.3, -0.25) is 4.55 Å². The van der Waals surface area contributed by atoms with E-state index in [1.165, 1.54) is 6.92 Å². The fourth-order valence-corrected chi connectivity index (χ4v) is 1.22. The van der Waals surface area contributed by atoms with Gasteiger partial charge in [-0.15, -0.1) is 0 Å². The third-order valence-electron chi connectivity index (χ3n) is 1.67. The van der Waals surface area contributed by atoms with Crippen LogP contribution in [0.5, 0.6) is 0 Å². The first kappa shape index (κ1) is 13.1. The summed E-state index contributed by atoms with van der Waals surface area (Å²) < 4.78 is 34.3. The average Bonchev–Trinajstić information content (AvgIpc) is 2.09. The van der Waals surface area contributed by atoms with Crippen molar-refractivity contribution in [2.75, 3.05) is 6.61 Å². The highest BCUT2D eigenvalue weighted by molar-refractivity contribution is 7.86. The predicted molar refractivity (Wildman–Crippen MR) is 51.4 cm³/mol. The first-order valence-electron chi connectivity index (χ1n) is 4.13. The van der Waals surface area contributed by atoms with Crippen LogP contribution in [0.4, 0.5) is 0 Å². The molecule has 82 valence electrons. The number of carbonyl (C=O) groups excluding carboxylic acids is 1. The number of esters is 1. The molecule has 0 aliphatic carbocycles. The standard InChI is InChI=1S/C8H14O5S/c1-3-8(9)13-6-4-5-7(2)14(10,11)12/h3,7H,1,4-6H2,2H3,(H,10,11,12). The van der Waals surface area contributed by atoms with Crippen molar-refractivity contribution < 1.29 is 22.5 Å². The van der Waals surface area contributed by atoms with Crippen molar-refractivity contribution in [3.05, 3.63) is 12.7 Å². The molecule has 0 aliphatic rings. The highest BCUT2D eigenvalue weighted by Gasteiger charge is 2.16. The topological polar surface area (TPSA) is 80.7 Å². The Kier molecular flexibility index (Phi) is 5.40. The second-order valence-electron chi connectivity index (χ2n) is 2.84. The minimum atomic E-state index is -3.97. The van der Waals surface area contributed by atoms with Crippen LogP contribution in [-0.2, 0) is 19.6 Å². The highest BCUT2D eigenvalue weighted by Crippen LogP contribution is 2.06. The number of ether oxygens (including phenoxy) is 1. The van der Waals surface area contributed by atoms with Crippen molar-refractivity contribution in [1.82, 2.24) is 0 Å². The van der Waals surface area contributed by atoms with Gasteiger partial charge in [-0.25, -0.2) is 4.79 Å². The van der Waals surface area contributed by atoms with Crippen LogP contribution >= 0.6 is 0 Å². The zero-order chi connectivity index (χ0) is 11.2. The molecule has 0 saturated heterocycles. The molecule has 1 N–H and O–H groups in total. The van der Waals surface area contributed by atoms with Crippen molar-refractivity contribution >= 4 is 16.1 Å². The summed E-state index contributed by atoms with van der Waals surface area (Å²) in [5, 5.41) is -0.829. The van der Waals surface area contributed by atoms with Gasteiger partial charge in [0.15, 0.2) is 0 Å². The molecule has 0 radical (unpaired) electrons. The average molecular weight is 222 g/mol. The predicted octanol–water partition coefficient (Wildman–Crippen LogP) is 0.772. The maximum atomic E-state index is 10.5. The molecule has 0 aromatic heterocycles. The van der Waals surface area contributed by atoms with E-state index < -0.39 is 21.3 Å². The van der Waals surface area contributed by atoms with E-state index in [1.807, 2.05) is 0 Å². The largest absolute Gasteiger partial charge is 0.463 e. The monoisotopic (exact) mass is 222 g/mol. The first-order valence-corrected chi connectivity index (χ1v) is 5.63. The summed E-state index contributed by atoms with van der Waals surface area (Å²) in [5.74, 6) is -0.537. The Morgan fingerprint density at radius 2 is 2.21 bits per heavy atom. The second-order valence-corrected chi connectivity index (χ2v) is 4.67. The van der Waals surface area contributed by atoms with Gasteiger partial charge in [-0.2, -0.15) is 8.42 Å². The quantitative estimate of drug-likeness (QED) is 0.311. The van der Waals surface area contributed by atoms with E-state index in [0.29, 0.717) is 6.42 Å². The maximum Gasteiger partial charge on any atom is 0.330 e. The lowest BCUT2D eigenvalue weighted by Crippen LogP contribution is -2.17. The van der Waals surface area contributed by atoms with E-state index in [1.54, 1.807) is 0 Å². The van der Waals surface area contributed by atoms with Crippen LogP contribution in [0.3, 0.4) is 0 Å². The molecule has 0 rings (SSSR count). The van der Waals surface area contributed by atoms with Gasteiger partial charge < -0.3 is 4.74 Å². The summed E-state index contributed by atoms with van der Waals surface area (Å²) in [5.41, 5.74) is 0. The Balaban J connectivity index is 3.66. The molecular weight excluding hydrogens is 208 g/mol. The summed E-state index contributed by atoms with van der Waals surface area (Å²) in [6.45, 7) is 4.73. The lowest BCUT2D eigenvalue weighted by Gasteiger charge is -2.07. The fraction of sp³-hybridized carbons (Fsp3) is 0.625. The Morgan fingerprint density at radius 3 is 2.64 bits per heavy atom. The molecule has 0 amide bonds. The van der Waals surface area contributed by atoms with Crippen LogP contribution in [0, 0.1) is 0 Å². The lowest BCUT2D eigenvalue weighted by molar-refractivity contribution is -0.137. The maximum absolute atomic E-state index is 10.5. The molecule has 5 nitrogen and oxygen atoms in total. The van der Waals surface area contributed by atoms with E-state index in [0.717, 1.165) is 6.08 Å². The molecule has 0 heterocycles. The molecule has 1 unspecified atom stereocenters. The minimum absolute atomic E-state index is 0.130. The molecule has 0 aliphatic heterocycles. The lowest BCUT2D eigenvalue weighted by atomic mass is 10.2. The molecule has 1 atom stereocenters. The van der Waals surface area contributed by atoms with Crippen molar-refractivity contribution in [1.29, 1.82) is 0 Å². The van der Waals surface area contributed by atoms with Gasteiger partial charge in [0.1, 0.15) is 0 Å². The normalized spacial score (nSPS) is 13.3. The zero-order valence-corrected chi connectivity index (χ0v) is 8.79. The Hall–Kier alpha value is -0.880. The van der Waals surface area contributed by atoms with Gasteiger partial charge in [0.25, 0.3) is 10.1 Å². The highest BCUT2D eigenvalue weighted by atomic mass is 32.2. The van der Waals surface area contributed by atoms with E-state index in [-0.39, 0.29) is 13.0 Å². The SMILES string of the molecule is C=CC(=O)OCCCC(C)S(=O)(=O)O. The molecule has 0 fully saturated rings. The number of rotatable bonds is 6. The summed E-state index contributed by atoms with van der Waals surface area (Å²) in [6.07, 6.45) is 1.68. The number of hydrogen-bond acceptors (Lipinski definition) is 4. The van der Waals surface area contributed by atoms with Crippen LogP contribution in [0.2, 0.25) is 0 Å². The van der Waals surface area contributed by atoms with Gasteiger partial charge in [0.05, 0.1) is 11.9 Å². The van der Waals surface area contributed by atoms with Gasteiger partial charge in [-0.05, 0) is 19.8 Å². The van der Waals surface area contributed by atoms with E-state index >= 15 is 0 Å². The van der Waals surface area contributed by atoms with Crippen molar-refractivity contribution in [3.8, 4) is 0 Å². The Morgan fingerprint density at radius 1 is 1.64 bits per heavy atom. The van der Waals surface area contributed by atoms with E-state index in [2.05, 4.69) is 11.3 Å². The Bertz CT molecular complexity index is 293. The minimum Gasteiger partial charge on any atom is -0.463 e. The van der Waals surface area contributed by atoms with Crippen molar-refractivity contribution in [2.45, 2.75) is 25.0 Å². The molecule has 0 aromatic carbocycles. The summed E-state index contributed by atoms with van der Waals surface area (Å²) in [4.78, 5) is 10.5. The van der Waals surface area contributed by atoms with Gasteiger partial charge in [0, 0.05) is 6.08 Å². The van der Waals surface area contributed by atoms with Crippen LogP contribution in [0.15, 0.2) is 12.7 Å². The summed E-state index contributed by atoms with van der Waals surface area (Å²) in [6, 6.07) is 0. The van der Waals surface area contributed by atoms with E-state index in [9.17, 15) is 13.2 Å². The smallest absolute Gasteiger partial charge is 0.330 e. The van der Waals surface area contributed by atoms with Gasteiger partial charge in [0.2, 0.25) is 0 Å². The van der Waals surface area contributed by atoms with Crippen LogP contribution in [-0.4, -0.2) is 30.8 Å². The Labute approximate surface area is 83.5 Å². The second kappa shape index (κ2) is 5.77. The molecule has 0 aromatic rings. The number of hydrogen-bond donors (Lipinski definition) is 1. The molecule has 6 heteroatoms. The van der Waals surface area contributed by atoms with Crippen LogP contribution < -0.4 is 0 Å². The van der Waals surface area contributed by atoms with Gasteiger partial charge in [-0.1, -0.05) is 6.58 Å². The molecule has 0 spiro atoms. The van der Waals surface area contributed by atoms with Crippen LogP contribution in [0.25, 0.3) is 0 Å². The van der Waals surface area contributed by atoms with Crippen molar-refractivity contribution in [3.63, 3.8) is 0 Å². The first-order chi connectivity index (χ1) is 6.38. The molecule has 0 bridgehead atoms. The summed E-state index contributed by atoms with van der Waals surface area (Å²) in [7, 11) is -3.97. The molecule has 0 saturated carbocycles. The van der Waals surface area contributed by atoms with Gasteiger partial charge >= 0.3 is 5.97 Å². The van der Waals surface area contributed by atoms with Crippen LogP contribution in [0.1, 0.15) is 19.8 Å². The number of carbonyl (C=O) groups is 1. The molecular formula is C8H14O5S. The zero-order valence-electron chi connectivity index (χ0n) is 7.97. The molecule has 14 heavy (non-hydrogen) atoms. The van der Waals surface area contributed by atoms with E-state index in [4.69, 9.17) is 4.55 Å². The summed E-state index contributed by atoms with van der Waals surface area (Å²) >= 11 is 0. The third kappa shape index (κ3) is 5.71. The van der Waals surface area contributed by atoms with Crippen molar-refractivity contribution in [2.24, 2.45) is 0 Å². The third-order valence-corrected chi connectivity index (χ3v) is 2.93. The fourth-order valence-electron chi connectivity index (χ4n) is 0.751.